The smallest absolute Gasteiger partial charge is 0.310 e. The molecule has 6 heteroatoms. The summed E-state index contributed by atoms with van der Waals surface area (Å²) in [7, 11) is 0. The van der Waals surface area contributed by atoms with Gasteiger partial charge in [-0.05, 0) is 55.7 Å². The molecule has 0 aliphatic heterocycles. The number of anilines is 1. The summed E-state index contributed by atoms with van der Waals surface area (Å²) in [6.07, 6.45) is 2.76. The van der Waals surface area contributed by atoms with Gasteiger partial charge in [0.05, 0.1) is 5.92 Å². The lowest BCUT2D eigenvalue weighted by molar-refractivity contribution is -0.154. The number of ketones is 1. The fourth-order valence-corrected chi connectivity index (χ4v) is 5.14. The number of Topliss-reactive ketones (excluding diaryl/α,β-unsaturated/α-hetero) is 1. The van der Waals surface area contributed by atoms with E-state index in [1.807, 2.05) is 18.2 Å². The highest BCUT2D eigenvalue weighted by atomic mass is 35.5. The average Bonchev–Trinajstić information content (AvgIpc) is 3.37. The SMILES string of the molecule is Cc1c(Cl)cccc1NC(=O)COC(=O)[C@H]1[C@H]2CC[C@@H](C2)[C@@H]1C(=O)c1ccccc1. The minimum atomic E-state index is -0.475. The number of hydrogen-bond donors (Lipinski definition) is 1. The minimum Gasteiger partial charge on any atom is -0.455 e. The largest absolute Gasteiger partial charge is 0.455 e. The number of esters is 1. The molecule has 2 saturated carbocycles. The van der Waals surface area contributed by atoms with Gasteiger partial charge in [-0.25, -0.2) is 0 Å². The van der Waals surface area contributed by atoms with Gasteiger partial charge in [-0.2, -0.15) is 0 Å². The van der Waals surface area contributed by atoms with Gasteiger partial charge in [0, 0.05) is 22.2 Å². The molecule has 2 bridgehead atoms. The summed E-state index contributed by atoms with van der Waals surface area (Å²) < 4.78 is 5.36. The summed E-state index contributed by atoms with van der Waals surface area (Å²) >= 11 is 6.07. The summed E-state index contributed by atoms with van der Waals surface area (Å²) in [6, 6.07) is 14.3. The van der Waals surface area contributed by atoms with Crippen molar-refractivity contribution in [2.24, 2.45) is 23.7 Å². The highest BCUT2D eigenvalue weighted by Gasteiger charge is 2.54. The van der Waals surface area contributed by atoms with E-state index in [4.69, 9.17) is 16.3 Å². The van der Waals surface area contributed by atoms with Crippen LogP contribution in [0.3, 0.4) is 0 Å². The Balaban J connectivity index is 1.41. The van der Waals surface area contributed by atoms with Crippen LogP contribution in [-0.2, 0) is 14.3 Å². The van der Waals surface area contributed by atoms with Crippen LogP contribution < -0.4 is 5.32 Å². The highest BCUT2D eigenvalue weighted by Crippen LogP contribution is 2.53. The van der Waals surface area contributed by atoms with Gasteiger partial charge in [0.1, 0.15) is 0 Å². The topological polar surface area (TPSA) is 72.5 Å². The molecule has 4 atom stereocenters. The molecule has 0 saturated heterocycles. The molecule has 2 aliphatic rings. The third-order valence-electron chi connectivity index (χ3n) is 6.44. The number of amides is 1. The summed E-state index contributed by atoms with van der Waals surface area (Å²) in [5.41, 5.74) is 1.96. The quantitative estimate of drug-likeness (QED) is 0.539. The molecule has 0 heterocycles. The number of rotatable bonds is 6. The van der Waals surface area contributed by atoms with Crippen molar-refractivity contribution in [3.63, 3.8) is 0 Å². The van der Waals surface area contributed by atoms with E-state index < -0.39 is 17.8 Å². The average molecular weight is 426 g/mol. The maximum Gasteiger partial charge on any atom is 0.310 e. The fraction of sp³-hybridized carbons (Fsp3) is 0.375. The van der Waals surface area contributed by atoms with E-state index >= 15 is 0 Å². The van der Waals surface area contributed by atoms with Gasteiger partial charge in [-0.15, -0.1) is 0 Å². The molecule has 30 heavy (non-hydrogen) atoms. The third kappa shape index (κ3) is 3.99. The first-order valence-corrected chi connectivity index (χ1v) is 10.6. The maximum absolute atomic E-state index is 13.1. The molecule has 2 aliphatic carbocycles. The molecule has 1 N–H and O–H groups in total. The Morgan fingerprint density at radius 2 is 1.70 bits per heavy atom. The second kappa shape index (κ2) is 8.60. The lowest BCUT2D eigenvalue weighted by Crippen LogP contribution is -2.37. The van der Waals surface area contributed by atoms with Crippen molar-refractivity contribution in [1.29, 1.82) is 0 Å². The van der Waals surface area contributed by atoms with Gasteiger partial charge in [0.25, 0.3) is 5.91 Å². The van der Waals surface area contributed by atoms with Gasteiger partial charge in [0.2, 0.25) is 0 Å². The first kappa shape index (κ1) is 20.6. The van der Waals surface area contributed by atoms with Crippen molar-refractivity contribution >= 4 is 34.9 Å². The predicted octanol–water partition coefficient (Wildman–Crippen LogP) is 4.68. The summed E-state index contributed by atoms with van der Waals surface area (Å²) in [5.74, 6) is -1.35. The summed E-state index contributed by atoms with van der Waals surface area (Å²) in [4.78, 5) is 38.3. The van der Waals surface area contributed by atoms with E-state index in [-0.39, 0.29) is 30.1 Å². The molecular weight excluding hydrogens is 402 g/mol. The van der Waals surface area contributed by atoms with E-state index in [1.54, 1.807) is 37.3 Å². The molecule has 2 aromatic carbocycles. The first-order valence-electron chi connectivity index (χ1n) is 10.3. The Morgan fingerprint density at radius 1 is 1.00 bits per heavy atom. The van der Waals surface area contributed by atoms with Crippen molar-refractivity contribution in [1.82, 2.24) is 0 Å². The van der Waals surface area contributed by atoms with Crippen LogP contribution in [0.5, 0.6) is 0 Å². The number of hydrogen-bond acceptors (Lipinski definition) is 4. The van der Waals surface area contributed by atoms with Crippen molar-refractivity contribution in [3.8, 4) is 0 Å². The van der Waals surface area contributed by atoms with Crippen molar-refractivity contribution in [2.75, 3.05) is 11.9 Å². The van der Waals surface area contributed by atoms with Crippen LogP contribution in [0.25, 0.3) is 0 Å². The van der Waals surface area contributed by atoms with E-state index in [2.05, 4.69) is 5.32 Å². The first-order chi connectivity index (χ1) is 14.5. The van der Waals surface area contributed by atoms with Crippen LogP contribution in [0.2, 0.25) is 5.02 Å². The Bertz CT molecular complexity index is 974. The Labute approximate surface area is 180 Å². The number of ether oxygens (including phenoxy) is 1. The van der Waals surface area contributed by atoms with E-state index in [0.717, 1.165) is 24.8 Å². The molecule has 4 rings (SSSR count). The molecule has 0 radical (unpaired) electrons. The second-order valence-corrected chi connectivity index (χ2v) is 8.59. The normalized spacial score (nSPS) is 24.5. The summed E-state index contributed by atoms with van der Waals surface area (Å²) in [5, 5.41) is 3.27. The Morgan fingerprint density at radius 3 is 2.43 bits per heavy atom. The van der Waals surface area contributed by atoms with E-state index in [9.17, 15) is 14.4 Å². The molecule has 1 amide bonds. The molecule has 2 aromatic rings. The number of halogens is 1. The zero-order valence-electron chi connectivity index (χ0n) is 16.8. The van der Waals surface area contributed by atoms with Gasteiger partial charge in [-0.1, -0.05) is 48.0 Å². The van der Waals surface area contributed by atoms with Gasteiger partial charge < -0.3 is 10.1 Å². The lowest BCUT2D eigenvalue weighted by Gasteiger charge is -2.28. The van der Waals surface area contributed by atoms with Gasteiger partial charge >= 0.3 is 5.97 Å². The van der Waals surface area contributed by atoms with Crippen LogP contribution in [-0.4, -0.2) is 24.3 Å². The molecule has 156 valence electrons. The van der Waals surface area contributed by atoms with Gasteiger partial charge in [-0.3, -0.25) is 14.4 Å². The van der Waals surface area contributed by atoms with E-state index in [0.29, 0.717) is 16.3 Å². The number of carbonyl (C=O) groups excluding carboxylic acids is 3. The zero-order valence-corrected chi connectivity index (χ0v) is 17.5. The Kier molecular flexibility index (Phi) is 5.91. The minimum absolute atomic E-state index is 0.00348. The molecule has 0 spiro atoms. The molecular formula is C24H24ClNO4. The van der Waals surface area contributed by atoms with Gasteiger partial charge in [0.15, 0.2) is 12.4 Å². The molecule has 2 fully saturated rings. The predicted molar refractivity (Wildman–Crippen MR) is 114 cm³/mol. The standard InChI is InChI=1S/C24H24ClNO4/c1-14-18(25)8-5-9-19(14)26-20(27)13-30-24(29)22-17-11-10-16(12-17)21(22)23(28)15-6-3-2-4-7-15/h2-9,16-17,21-22H,10-13H2,1H3,(H,26,27)/t16-,17-,21-,22-/m0/s1. The van der Waals surface area contributed by atoms with Crippen molar-refractivity contribution in [2.45, 2.75) is 26.2 Å². The van der Waals surface area contributed by atoms with Crippen LogP contribution in [0.4, 0.5) is 5.69 Å². The maximum atomic E-state index is 13.1. The zero-order chi connectivity index (χ0) is 21.3. The van der Waals surface area contributed by atoms with Crippen molar-refractivity contribution < 1.29 is 19.1 Å². The molecule has 5 nitrogen and oxygen atoms in total. The molecule has 0 unspecified atom stereocenters. The lowest BCUT2D eigenvalue weighted by atomic mass is 9.75. The van der Waals surface area contributed by atoms with Crippen LogP contribution in [0, 0.1) is 30.6 Å². The third-order valence-corrected chi connectivity index (χ3v) is 6.85. The monoisotopic (exact) mass is 425 g/mol. The highest BCUT2D eigenvalue weighted by molar-refractivity contribution is 6.31. The second-order valence-electron chi connectivity index (χ2n) is 8.18. The number of benzene rings is 2. The van der Waals surface area contributed by atoms with Crippen LogP contribution in [0.15, 0.2) is 48.5 Å². The van der Waals surface area contributed by atoms with E-state index in [1.165, 1.54) is 0 Å². The number of nitrogens with one attached hydrogen (secondary N) is 1. The fourth-order valence-electron chi connectivity index (χ4n) is 4.96. The van der Waals surface area contributed by atoms with Crippen LogP contribution >= 0.6 is 11.6 Å². The number of carbonyl (C=O) groups is 3. The van der Waals surface area contributed by atoms with Crippen LogP contribution in [0.1, 0.15) is 35.2 Å². The molecule has 0 aromatic heterocycles. The van der Waals surface area contributed by atoms with Crippen molar-refractivity contribution in [3.05, 3.63) is 64.7 Å². The Hall–Kier alpha value is -2.66. The summed E-state index contributed by atoms with van der Waals surface area (Å²) in [6.45, 7) is 1.42. The number of fused-ring (bicyclic) bond motifs is 2.